The third-order valence-electron chi connectivity index (χ3n) is 5.88. The molecule has 0 saturated carbocycles. The van der Waals surface area contributed by atoms with E-state index < -0.39 is 5.92 Å². The number of benzene rings is 1. The zero-order valence-electron chi connectivity index (χ0n) is 19.1. The van der Waals surface area contributed by atoms with Crippen LogP contribution in [0.3, 0.4) is 0 Å². The van der Waals surface area contributed by atoms with Crippen LogP contribution in [-0.4, -0.2) is 35.7 Å². The number of nitrogens with one attached hydrogen (secondary N) is 2. The number of H-pyrrole nitrogens is 1. The maximum Gasteiger partial charge on any atom is 0.257 e. The number of methoxy groups -OCH3 is 2. The quantitative estimate of drug-likeness (QED) is 0.490. The molecule has 170 valence electrons. The number of carbonyl (C=O) groups excluding carboxylic acids is 1. The second-order valence-electron chi connectivity index (χ2n) is 8.99. The van der Waals surface area contributed by atoms with Crippen molar-refractivity contribution < 1.29 is 14.3 Å². The molecule has 4 rings (SSSR count). The summed E-state index contributed by atoms with van der Waals surface area (Å²) in [5.74, 6) is 2.06. The Bertz CT molecular complexity index is 1150. The third-order valence-corrected chi connectivity index (χ3v) is 6.96. The second kappa shape index (κ2) is 8.65. The summed E-state index contributed by atoms with van der Waals surface area (Å²) < 4.78 is 10.9. The van der Waals surface area contributed by atoms with Gasteiger partial charge in [0.2, 0.25) is 0 Å². The standard InChI is InChI=1S/C24H29N3O4S/c1-6-9-32-23-26-21-20(22(29)27-23)18(13-7-8-16(30-4)17(10-13)31-5)19-14(25-21)11-24(2,3)12-15(19)28/h7-8,10,18H,6,9,11-12H2,1-5H3,(H2,25,26,27,29). The Morgan fingerprint density at radius 3 is 2.59 bits per heavy atom. The van der Waals surface area contributed by atoms with Gasteiger partial charge < -0.3 is 19.8 Å². The number of rotatable bonds is 6. The Hall–Kier alpha value is -2.74. The van der Waals surface area contributed by atoms with Crippen LogP contribution in [0.1, 0.15) is 57.1 Å². The molecule has 8 heteroatoms. The van der Waals surface area contributed by atoms with Crippen molar-refractivity contribution in [3.05, 3.63) is 50.9 Å². The van der Waals surface area contributed by atoms with E-state index in [0.717, 1.165) is 23.4 Å². The molecule has 32 heavy (non-hydrogen) atoms. The van der Waals surface area contributed by atoms with Gasteiger partial charge in [-0.2, -0.15) is 0 Å². The number of ether oxygens (including phenoxy) is 2. The van der Waals surface area contributed by atoms with E-state index in [1.54, 1.807) is 20.3 Å². The summed E-state index contributed by atoms with van der Waals surface area (Å²) in [7, 11) is 3.15. The number of thioether (sulfide) groups is 1. The minimum absolute atomic E-state index is 0.0537. The van der Waals surface area contributed by atoms with Crippen LogP contribution in [0, 0.1) is 5.41 Å². The minimum Gasteiger partial charge on any atom is -0.493 e. The summed E-state index contributed by atoms with van der Waals surface area (Å²) in [5.41, 5.74) is 2.36. The normalized spacial score (nSPS) is 19.2. The van der Waals surface area contributed by atoms with Crippen molar-refractivity contribution in [2.75, 3.05) is 25.3 Å². The van der Waals surface area contributed by atoms with Gasteiger partial charge in [-0.05, 0) is 36.0 Å². The monoisotopic (exact) mass is 455 g/mol. The number of hydrogen-bond acceptors (Lipinski definition) is 7. The largest absolute Gasteiger partial charge is 0.493 e. The Balaban J connectivity index is 1.93. The molecule has 7 nitrogen and oxygen atoms in total. The van der Waals surface area contributed by atoms with Crippen molar-refractivity contribution in [2.45, 2.75) is 51.1 Å². The number of aromatic amines is 1. The first-order chi connectivity index (χ1) is 15.3. The van der Waals surface area contributed by atoms with Crippen molar-refractivity contribution in [1.29, 1.82) is 0 Å². The minimum atomic E-state index is -0.522. The van der Waals surface area contributed by atoms with E-state index in [9.17, 15) is 9.59 Å². The van der Waals surface area contributed by atoms with Crippen molar-refractivity contribution in [2.24, 2.45) is 5.41 Å². The first-order valence-corrected chi connectivity index (χ1v) is 11.8. The van der Waals surface area contributed by atoms with E-state index >= 15 is 0 Å². The van der Waals surface area contributed by atoms with Gasteiger partial charge in [0.05, 0.1) is 19.8 Å². The highest BCUT2D eigenvalue weighted by Crippen LogP contribution is 2.48. The molecule has 0 fully saturated rings. The summed E-state index contributed by atoms with van der Waals surface area (Å²) >= 11 is 1.52. The molecule has 1 atom stereocenters. The number of carbonyl (C=O) groups is 1. The smallest absolute Gasteiger partial charge is 0.257 e. The van der Waals surface area contributed by atoms with Crippen LogP contribution in [0.5, 0.6) is 11.5 Å². The lowest BCUT2D eigenvalue weighted by Crippen LogP contribution is -2.37. The zero-order valence-corrected chi connectivity index (χ0v) is 19.9. The van der Waals surface area contributed by atoms with Crippen molar-refractivity contribution in [1.82, 2.24) is 9.97 Å². The van der Waals surface area contributed by atoms with Gasteiger partial charge in [0.25, 0.3) is 5.56 Å². The molecule has 0 bridgehead atoms. The molecule has 1 aromatic carbocycles. The van der Waals surface area contributed by atoms with Gasteiger partial charge in [-0.3, -0.25) is 9.59 Å². The molecule has 1 aliphatic heterocycles. The molecule has 0 amide bonds. The van der Waals surface area contributed by atoms with E-state index in [-0.39, 0.29) is 16.8 Å². The molecule has 1 aromatic heterocycles. The molecule has 1 aliphatic carbocycles. The Kier molecular flexibility index (Phi) is 6.07. The molecule has 0 saturated heterocycles. The molecular weight excluding hydrogens is 426 g/mol. The molecule has 0 spiro atoms. The van der Waals surface area contributed by atoms with Crippen LogP contribution in [-0.2, 0) is 4.79 Å². The van der Waals surface area contributed by atoms with Crippen LogP contribution in [0.25, 0.3) is 0 Å². The van der Waals surface area contributed by atoms with Crippen LogP contribution in [0.15, 0.2) is 39.4 Å². The van der Waals surface area contributed by atoms with E-state index in [4.69, 9.17) is 14.5 Å². The fourth-order valence-electron chi connectivity index (χ4n) is 4.53. The summed E-state index contributed by atoms with van der Waals surface area (Å²) in [6.07, 6.45) is 2.12. The van der Waals surface area contributed by atoms with Crippen molar-refractivity contribution >= 4 is 23.4 Å². The SMILES string of the molecule is CCCSc1nc2c(c(=O)[nH]1)C(c1ccc(OC)c(OC)c1)C1=C(CC(C)(C)CC1=O)N2. The van der Waals surface area contributed by atoms with Gasteiger partial charge in [-0.1, -0.05) is 38.6 Å². The van der Waals surface area contributed by atoms with E-state index in [1.165, 1.54) is 11.8 Å². The van der Waals surface area contributed by atoms with Gasteiger partial charge >= 0.3 is 0 Å². The van der Waals surface area contributed by atoms with Gasteiger partial charge in [-0.25, -0.2) is 4.98 Å². The van der Waals surface area contributed by atoms with E-state index in [0.29, 0.717) is 46.5 Å². The molecule has 2 heterocycles. The van der Waals surface area contributed by atoms with Gasteiger partial charge in [0.1, 0.15) is 5.82 Å². The Morgan fingerprint density at radius 2 is 1.91 bits per heavy atom. The van der Waals surface area contributed by atoms with Crippen LogP contribution >= 0.6 is 11.8 Å². The predicted octanol–water partition coefficient (Wildman–Crippen LogP) is 4.49. The summed E-state index contributed by atoms with van der Waals surface area (Å²) in [4.78, 5) is 34.3. The molecule has 0 radical (unpaired) electrons. The summed E-state index contributed by atoms with van der Waals surface area (Å²) in [6, 6.07) is 5.54. The number of hydrogen-bond donors (Lipinski definition) is 2. The number of nitrogens with zero attached hydrogens (tertiary/aromatic N) is 1. The van der Waals surface area contributed by atoms with Crippen molar-refractivity contribution in [3.8, 4) is 11.5 Å². The molecular formula is C24H29N3O4S. The molecule has 2 N–H and O–H groups in total. The zero-order chi connectivity index (χ0) is 23.0. The number of Topliss-reactive ketones (excluding diaryl/α,β-unsaturated/α-hetero) is 1. The molecule has 1 unspecified atom stereocenters. The average molecular weight is 456 g/mol. The highest BCUT2D eigenvalue weighted by molar-refractivity contribution is 7.99. The third kappa shape index (κ3) is 4.03. The first-order valence-electron chi connectivity index (χ1n) is 10.8. The average Bonchev–Trinajstić information content (AvgIpc) is 2.74. The number of allylic oxidation sites excluding steroid dienone is 2. The summed E-state index contributed by atoms with van der Waals surface area (Å²) in [6.45, 7) is 6.26. The fraction of sp³-hybridized carbons (Fsp3) is 0.458. The first kappa shape index (κ1) is 22.5. The van der Waals surface area contributed by atoms with E-state index in [2.05, 4.69) is 31.1 Å². The predicted molar refractivity (Wildman–Crippen MR) is 126 cm³/mol. The van der Waals surface area contributed by atoms with Gasteiger partial charge in [-0.15, -0.1) is 0 Å². The lowest BCUT2D eigenvalue weighted by atomic mass is 9.69. The van der Waals surface area contributed by atoms with Crippen LogP contribution in [0.2, 0.25) is 0 Å². The molecule has 2 aromatic rings. The maximum atomic E-state index is 13.3. The van der Waals surface area contributed by atoms with Crippen LogP contribution in [0.4, 0.5) is 5.82 Å². The number of fused-ring (bicyclic) bond motifs is 1. The Morgan fingerprint density at radius 1 is 1.16 bits per heavy atom. The lowest BCUT2D eigenvalue weighted by Gasteiger charge is -2.38. The number of aromatic nitrogens is 2. The van der Waals surface area contributed by atoms with E-state index in [1.807, 2.05) is 12.1 Å². The summed E-state index contributed by atoms with van der Waals surface area (Å²) in [5, 5.41) is 3.93. The van der Waals surface area contributed by atoms with Gasteiger partial charge in [0.15, 0.2) is 22.4 Å². The highest BCUT2D eigenvalue weighted by Gasteiger charge is 2.42. The van der Waals surface area contributed by atoms with Crippen LogP contribution < -0.4 is 20.3 Å². The highest BCUT2D eigenvalue weighted by atomic mass is 32.2. The fourth-order valence-corrected chi connectivity index (χ4v) is 5.24. The Labute approximate surface area is 192 Å². The lowest BCUT2D eigenvalue weighted by molar-refractivity contribution is -0.118. The number of anilines is 1. The number of ketones is 1. The van der Waals surface area contributed by atoms with Crippen molar-refractivity contribution in [3.63, 3.8) is 0 Å². The maximum absolute atomic E-state index is 13.3. The molecule has 2 aliphatic rings. The van der Waals surface area contributed by atoms with Gasteiger partial charge in [0, 0.05) is 29.4 Å². The second-order valence-corrected chi connectivity index (χ2v) is 10.1. The topological polar surface area (TPSA) is 93.3 Å².